The topological polar surface area (TPSA) is 71.3 Å². The number of hydrogen-bond donors (Lipinski definition) is 2. The van der Waals surface area contributed by atoms with Crippen molar-refractivity contribution in [2.75, 3.05) is 5.32 Å². The van der Waals surface area contributed by atoms with E-state index in [0.717, 1.165) is 12.1 Å². The Morgan fingerprint density at radius 1 is 1.29 bits per heavy atom. The van der Waals surface area contributed by atoms with E-state index in [1.807, 2.05) is 0 Å². The van der Waals surface area contributed by atoms with Gasteiger partial charge in [0.15, 0.2) is 0 Å². The van der Waals surface area contributed by atoms with Crippen LogP contribution in [-0.2, 0) is 11.3 Å². The molecule has 1 aromatic carbocycles. The lowest BCUT2D eigenvalue weighted by Gasteiger charge is -2.09. The van der Waals surface area contributed by atoms with Gasteiger partial charge in [0.2, 0.25) is 0 Å². The summed E-state index contributed by atoms with van der Waals surface area (Å²) in [4.78, 5) is 22.7. The van der Waals surface area contributed by atoms with Gasteiger partial charge in [-0.05, 0) is 30.7 Å². The third kappa shape index (κ3) is 3.25. The molecule has 2 rings (SSSR count). The SMILES string of the molecule is Cc1cc(F)c(NC(=O)c2cccn2CC(=O)O)cc1F. The summed E-state index contributed by atoms with van der Waals surface area (Å²) < 4.78 is 28.3. The fourth-order valence-corrected chi connectivity index (χ4v) is 1.83. The second-order valence-corrected chi connectivity index (χ2v) is 4.45. The Morgan fingerprint density at radius 3 is 2.67 bits per heavy atom. The average Bonchev–Trinajstić information content (AvgIpc) is 2.83. The number of hydrogen-bond acceptors (Lipinski definition) is 2. The molecule has 0 radical (unpaired) electrons. The molecule has 0 atom stereocenters. The highest BCUT2D eigenvalue weighted by Gasteiger charge is 2.15. The van der Waals surface area contributed by atoms with Crippen molar-refractivity contribution in [1.82, 2.24) is 4.57 Å². The van der Waals surface area contributed by atoms with Crippen molar-refractivity contribution < 1.29 is 23.5 Å². The second kappa shape index (κ2) is 5.74. The van der Waals surface area contributed by atoms with E-state index < -0.39 is 30.1 Å². The van der Waals surface area contributed by atoms with E-state index in [9.17, 15) is 18.4 Å². The number of halogens is 2. The molecule has 0 aliphatic carbocycles. The Bertz CT molecular complexity index is 710. The Balaban J connectivity index is 2.25. The molecular formula is C14H12F2N2O3. The predicted molar refractivity (Wildman–Crippen MR) is 71.1 cm³/mol. The number of carbonyl (C=O) groups is 2. The van der Waals surface area contributed by atoms with Crippen molar-refractivity contribution in [3.05, 3.63) is 53.4 Å². The van der Waals surface area contributed by atoms with Gasteiger partial charge in [-0.15, -0.1) is 0 Å². The standard InChI is InChI=1S/C14H12F2N2O3/c1-8-5-10(16)11(6-9(8)15)17-14(21)12-3-2-4-18(12)7-13(19)20/h2-6H,7H2,1H3,(H,17,21)(H,19,20). The van der Waals surface area contributed by atoms with E-state index in [1.54, 1.807) is 0 Å². The number of anilines is 1. The second-order valence-electron chi connectivity index (χ2n) is 4.45. The molecule has 5 nitrogen and oxygen atoms in total. The number of carboxylic acids is 1. The van der Waals surface area contributed by atoms with E-state index in [1.165, 1.54) is 29.8 Å². The molecule has 110 valence electrons. The van der Waals surface area contributed by atoms with Gasteiger partial charge in [-0.2, -0.15) is 0 Å². The normalized spacial score (nSPS) is 10.4. The third-order valence-electron chi connectivity index (χ3n) is 2.86. The molecule has 1 aromatic heterocycles. The largest absolute Gasteiger partial charge is 0.480 e. The van der Waals surface area contributed by atoms with Crippen LogP contribution in [0.15, 0.2) is 30.5 Å². The molecule has 1 heterocycles. The van der Waals surface area contributed by atoms with Crippen LogP contribution in [0.3, 0.4) is 0 Å². The molecular weight excluding hydrogens is 282 g/mol. The number of benzene rings is 1. The van der Waals surface area contributed by atoms with Gasteiger partial charge in [0, 0.05) is 12.3 Å². The van der Waals surface area contributed by atoms with E-state index in [4.69, 9.17) is 5.11 Å². The van der Waals surface area contributed by atoms with E-state index in [0.29, 0.717) is 0 Å². The molecule has 0 fully saturated rings. The number of nitrogens with zero attached hydrogens (tertiary/aromatic N) is 1. The summed E-state index contributed by atoms with van der Waals surface area (Å²) >= 11 is 0. The number of nitrogens with one attached hydrogen (secondary N) is 1. The summed E-state index contributed by atoms with van der Waals surface area (Å²) in [5.74, 6) is -3.25. The zero-order chi connectivity index (χ0) is 15.6. The number of carbonyl (C=O) groups excluding carboxylic acids is 1. The molecule has 2 aromatic rings. The maximum absolute atomic E-state index is 13.7. The lowest BCUT2D eigenvalue weighted by Crippen LogP contribution is -2.20. The summed E-state index contributed by atoms with van der Waals surface area (Å²) in [6.45, 7) is 1.00. The first-order chi connectivity index (χ1) is 9.88. The van der Waals surface area contributed by atoms with Crippen LogP contribution in [0.5, 0.6) is 0 Å². The number of aromatic nitrogens is 1. The van der Waals surface area contributed by atoms with Crippen molar-refractivity contribution in [2.45, 2.75) is 13.5 Å². The van der Waals surface area contributed by atoms with Gasteiger partial charge in [0.25, 0.3) is 5.91 Å². The molecule has 0 unspecified atom stereocenters. The monoisotopic (exact) mass is 294 g/mol. The summed E-state index contributed by atoms with van der Waals surface area (Å²) in [5.41, 5.74) is -0.135. The number of aryl methyl sites for hydroxylation is 1. The smallest absolute Gasteiger partial charge is 0.323 e. The maximum atomic E-state index is 13.7. The Morgan fingerprint density at radius 2 is 2.00 bits per heavy atom. The van der Waals surface area contributed by atoms with Crippen molar-refractivity contribution in [2.24, 2.45) is 0 Å². The first-order valence-electron chi connectivity index (χ1n) is 6.02. The Labute approximate surface area is 118 Å². The summed E-state index contributed by atoms with van der Waals surface area (Å²) in [6, 6.07) is 4.74. The van der Waals surface area contributed by atoms with E-state index in [2.05, 4.69) is 5.32 Å². The number of amides is 1. The molecule has 0 aliphatic rings. The summed E-state index contributed by atoms with van der Waals surface area (Å²) in [7, 11) is 0. The Kier molecular flexibility index (Phi) is 4.02. The first kappa shape index (κ1) is 14.7. The highest BCUT2D eigenvalue weighted by molar-refractivity contribution is 6.03. The average molecular weight is 294 g/mol. The quantitative estimate of drug-likeness (QED) is 0.909. The van der Waals surface area contributed by atoms with Crippen LogP contribution in [0.4, 0.5) is 14.5 Å². The third-order valence-corrected chi connectivity index (χ3v) is 2.86. The van der Waals surface area contributed by atoms with Crippen LogP contribution in [0, 0.1) is 18.6 Å². The van der Waals surface area contributed by atoms with Crippen molar-refractivity contribution in [3.63, 3.8) is 0 Å². The first-order valence-corrected chi connectivity index (χ1v) is 6.02. The highest BCUT2D eigenvalue weighted by Crippen LogP contribution is 2.19. The minimum absolute atomic E-state index is 0.0396. The zero-order valence-electron chi connectivity index (χ0n) is 11.1. The molecule has 0 spiro atoms. The lowest BCUT2D eigenvalue weighted by molar-refractivity contribution is -0.137. The Hall–Kier alpha value is -2.70. The summed E-state index contributed by atoms with van der Waals surface area (Å²) in [6.07, 6.45) is 1.41. The van der Waals surface area contributed by atoms with Gasteiger partial charge < -0.3 is 15.0 Å². The van der Waals surface area contributed by atoms with Crippen molar-refractivity contribution in [3.8, 4) is 0 Å². The minimum atomic E-state index is -1.12. The number of carboxylic acid groups (broad SMARTS) is 1. The predicted octanol–water partition coefficient (Wildman–Crippen LogP) is 2.41. The lowest BCUT2D eigenvalue weighted by atomic mass is 10.2. The molecule has 0 aliphatic heterocycles. The molecule has 0 saturated heterocycles. The highest BCUT2D eigenvalue weighted by atomic mass is 19.1. The fourth-order valence-electron chi connectivity index (χ4n) is 1.83. The minimum Gasteiger partial charge on any atom is -0.480 e. The van der Waals surface area contributed by atoms with E-state index >= 15 is 0 Å². The van der Waals surface area contributed by atoms with Crippen LogP contribution in [0.1, 0.15) is 16.1 Å². The molecule has 2 N–H and O–H groups in total. The number of aliphatic carboxylic acids is 1. The van der Waals surface area contributed by atoms with Crippen molar-refractivity contribution >= 4 is 17.6 Å². The molecule has 0 saturated carbocycles. The maximum Gasteiger partial charge on any atom is 0.323 e. The fraction of sp³-hybridized carbons (Fsp3) is 0.143. The van der Waals surface area contributed by atoms with Crippen LogP contribution in [0.25, 0.3) is 0 Å². The van der Waals surface area contributed by atoms with Crippen LogP contribution >= 0.6 is 0 Å². The molecule has 0 bridgehead atoms. The van der Waals surface area contributed by atoms with Gasteiger partial charge in [-0.25, -0.2) is 8.78 Å². The van der Waals surface area contributed by atoms with Gasteiger partial charge in [0.1, 0.15) is 23.9 Å². The van der Waals surface area contributed by atoms with Gasteiger partial charge in [-0.1, -0.05) is 0 Å². The van der Waals surface area contributed by atoms with Crippen molar-refractivity contribution in [1.29, 1.82) is 0 Å². The van der Waals surface area contributed by atoms with Crippen LogP contribution in [-0.4, -0.2) is 21.6 Å². The van der Waals surface area contributed by atoms with Gasteiger partial charge >= 0.3 is 5.97 Å². The number of rotatable bonds is 4. The zero-order valence-corrected chi connectivity index (χ0v) is 11.1. The van der Waals surface area contributed by atoms with Gasteiger partial charge in [-0.3, -0.25) is 9.59 Å². The van der Waals surface area contributed by atoms with Gasteiger partial charge in [0.05, 0.1) is 5.69 Å². The molecule has 21 heavy (non-hydrogen) atoms. The summed E-state index contributed by atoms with van der Waals surface area (Å²) in [5, 5.41) is 11.0. The van der Waals surface area contributed by atoms with Crippen LogP contribution in [0.2, 0.25) is 0 Å². The van der Waals surface area contributed by atoms with Crippen LogP contribution < -0.4 is 5.32 Å². The molecule has 7 heteroatoms. The molecule has 1 amide bonds. The van der Waals surface area contributed by atoms with E-state index in [-0.39, 0.29) is 16.9 Å².